The lowest BCUT2D eigenvalue weighted by Crippen LogP contribution is -2.12. The van der Waals surface area contributed by atoms with Gasteiger partial charge in [-0.15, -0.1) is 0 Å². The molecule has 0 unspecified atom stereocenters. The Morgan fingerprint density at radius 1 is 1.17 bits per heavy atom. The van der Waals surface area contributed by atoms with E-state index in [0.717, 1.165) is 17.1 Å². The molecule has 0 saturated heterocycles. The number of carbonyl (C=O) groups excluding carboxylic acids is 1. The zero-order valence-electron chi connectivity index (χ0n) is 13.9. The van der Waals surface area contributed by atoms with Gasteiger partial charge in [-0.3, -0.25) is 4.79 Å². The summed E-state index contributed by atoms with van der Waals surface area (Å²) in [6, 6.07) is 11.8. The highest BCUT2D eigenvalue weighted by Gasteiger charge is 2.14. The number of aromatic nitrogens is 2. The van der Waals surface area contributed by atoms with E-state index >= 15 is 0 Å². The molecule has 118 valence electrons. The number of nitrogens with zero attached hydrogens (tertiary/aromatic N) is 2. The van der Waals surface area contributed by atoms with Crippen molar-refractivity contribution >= 4 is 17.2 Å². The van der Waals surface area contributed by atoms with Gasteiger partial charge in [-0.05, 0) is 49.6 Å². The monoisotopic (exact) mass is 307 g/mol. The van der Waals surface area contributed by atoms with E-state index in [1.54, 1.807) is 0 Å². The highest BCUT2D eigenvalue weighted by Crippen LogP contribution is 2.20. The number of aryl methyl sites for hydroxylation is 2. The van der Waals surface area contributed by atoms with Crippen LogP contribution in [0.5, 0.6) is 0 Å². The molecule has 23 heavy (non-hydrogen) atoms. The van der Waals surface area contributed by atoms with E-state index in [1.807, 2.05) is 54.8 Å². The number of amides is 1. The number of nitrogens with one attached hydrogen (secondary N) is 1. The van der Waals surface area contributed by atoms with Gasteiger partial charge < -0.3 is 9.72 Å². The molecule has 0 radical (unpaired) electrons. The summed E-state index contributed by atoms with van der Waals surface area (Å²) in [6.07, 6.45) is 1.89. The lowest BCUT2D eigenvalue weighted by atomic mass is 10.0. The van der Waals surface area contributed by atoms with Crippen molar-refractivity contribution in [2.24, 2.45) is 0 Å². The Morgan fingerprint density at radius 3 is 2.70 bits per heavy atom. The number of carbonyl (C=O) groups is 1. The molecule has 0 aliphatic rings. The van der Waals surface area contributed by atoms with Gasteiger partial charge in [-0.25, -0.2) is 4.98 Å². The fourth-order valence-electron chi connectivity index (χ4n) is 2.75. The molecule has 4 nitrogen and oxygen atoms in total. The second-order valence-corrected chi connectivity index (χ2v) is 6.20. The van der Waals surface area contributed by atoms with Gasteiger partial charge in [0, 0.05) is 23.3 Å². The molecule has 2 heterocycles. The van der Waals surface area contributed by atoms with Gasteiger partial charge in [0.1, 0.15) is 5.65 Å². The van der Waals surface area contributed by atoms with E-state index in [-0.39, 0.29) is 5.91 Å². The molecule has 0 aliphatic heterocycles. The van der Waals surface area contributed by atoms with Crippen LogP contribution in [0.15, 0.2) is 42.6 Å². The van der Waals surface area contributed by atoms with Gasteiger partial charge in [0.15, 0.2) is 0 Å². The molecule has 3 aromatic rings. The number of rotatable bonds is 3. The summed E-state index contributed by atoms with van der Waals surface area (Å²) in [5.41, 5.74) is 5.27. The van der Waals surface area contributed by atoms with Crippen molar-refractivity contribution in [3.63, 3.8) is 0 Å². The molecular formula is C19H21N3O. The second-order valence-electron chi connectivity index (χ2n) is 6.20. The van der Waals surface area contributed by atoms with Crippen LogP contribution in [0.3, 0.4) is 0 Å². The van der Waals surface area contributed by atoms with Crippen molar-refractivity contribution in [2.75, 3.05) is 5.32 Å². The first-order valence-corrected chi connectivity index (χ1v) is 7.82. The molecule has 4 heteroatoms. The van der Waals surface area contributed by atoms with Crippen LogP contribution in [0.25, 0.3) is 5.65 Å². The van der Waals surface area contributed by atoms with Crippen LogP contribution in [-0.4, -0.2) is 15.3 Å². The van der Waals surface area contributed by atoms with Crippen LogP contribution >= 0.6 is 0 Å². The second kappa shape index (κ2) is 5.88. The number of hydrogen-bond donors (Lipinski definition) is 1. The number of benzene rings is 1. The van der Waals surface area contributed by atoms with Crippen LogP contribution in [0.4, 0.5) is 5.69 Å². The van der Waals surface area contributed by atoms with Crippen molar-refractivity contribution in [3.8, 4) is 0 Å². The van der Waals surface area contributed by atoms with Crippen molar-refractivity contribution in [1.29, 1.82) is 0 Å². The van der Waals surface area contributed by atoms with E-state index in [9.17, 15) is 4.79 Å². The molecule has 0 atom stereocenters. The zero-order valence-corrected chi connectivity index (χ0v) is 13.9. The van der Waals surface area contributed by atoms with E-state index in [4.69, 9.17) is 0 Å². The first kappa shape index (κ1) is 15.3. The molecule has 0 bridgehead atoms. The van der Waals surface area contributed by atoms with Crippen LogP contribution in [0.1, 0.15) is 47.1 Å². The Kier molecular flexibility index (Phi) is 3.90. The number of anilines is 1. The van der Waals surface area contributed by atoms with Gasteiger partial charge >= 0.3 is 0 Å². The maximum absolute atomic E-state index is 12.6. The summed E-state index contributed by atoms with van der Waals surface area (Å²) >= 11 is 0. The van der Waals surface area contributed by atoms with Crippen molar-refractivity contribution in [2.45, 2.75) is 33.6 Å². The number of fused-ring (bicyclic) bond motifs is 1. The van der Waals surface area contributed by atoms with Crippen molar-refractivity contribution < 1.29 is 4.79 Å². The van der Waals surface area contributed by atoms with Gasteiger partial charge in [0.25, 0.3) is 5.91 Å². The Balaban J connectivity index is 1.94. The lowest BCUT2D eigenvalue weighted by Gasteiger charge is -2.09. The van der Waals surface area contributed by atoms with Crippen LogP contribution < -0.4 is 5.32 Å². The molecule has 1 N–H and O–H groups in total. The average Bonchev–Trinajstić information content (AvgIpc) is 2.91. The third-order valence-corrected chi connectivity index (χ3v) is 4.00. The minimum Gasteiger partial charge on any atom is -0.322 e. The van der Waals surface area contributed by atoms with Crippen LogP contribution in [-0.2, 0) is 0 Å². The fraction of sp³-hybridized carbons (Fsp3) is 0.263. The van der Waals surface area contributed by atoms with Gasteiger partial charge in [0.2, 0.25) is 0 Å². The lowest BCUT2D eigenvalue weighted by molar-refractivity contribution is 0.102. The smallest absolute Gasteiger partial charge is 0.259 e. The summed E-state index contributed by atoms with van der Waals surface area (Å²) in [4.78, 5) is 17.1. The number of hydrogen-bond acceptors (Lipinski definition) is 2. The van der Waals surface area contributed by atoms with E-state index in [1.165, 1.54) is 5.56 Å². The van der Waals surface area contributed by atoms with E-state index < -0.39 is 0 Å². The minimum atomic E-state index is -0.133. The Labute approximate surface area is 136 Å². The highest BCUT2D eigenvalue weighted by molar-refractivity contribution is 6.08. The molecule has 2 aromatic heterocycles. The average molecular weight is 307 g/mol. The summed E-state index contributed by atoms with van der Waals surface area (Å²) in [6.45, 7) is 8.22. The molecule has 0 saturated carbocycles. The zero-order chi connectivity index (χ0) is 16.6. The molecule has 0 fully saturated rings. The van der Waals surface area contributed by atoms with Crippen LogP contribution in [0.2, 0.25) is 0 Å². The normalized spacial score (nSPS) is 11.2. The maximum Gasteiger partial charge on any atom is 0.259 e. The molecule has 0 spiro atoms. The maximum atomic E-state index is 12.6. The van der Waals surface area contributed by atoms with Gasteiger partial charge in [-0.2, -0.15) is 0 Å². The predicted octanol–water partition coefficient (Wildman–Crippen LogP) is 4.33. The van der Waals surface area contributed by atoms with Crippen LogP contribution in [0, 0.1) is 13.8 Å². The Bertz CT molecular complexity index is 877. The summed E-state index contributed by atoms with van der Waals surface area (Å²) in [7, 11) is 0. The highest BCUT2D eigenvalue weighted by atomic mass is 16.1. The minimum absolute atomic E-state index is 0.133. The van der Waals surface area contributed by atoms with Crippen molar-refractivity contribution in [3.05, 3.63) is 65.1 Å². The predicted molar refractivity (Wildman–Crippen MR) is 93.2 cm³/mol. The first-order valence-electron chi connectivity index (χ1n) is 7.82. The Morgan fingerprint density at radius 2 is 1.96 bits per heavy atom. The van der Waals surface area contributed by atoms with Gasteiger partial charge in [-0.1, -0.05) is 26.0 Å². The van der Waals surface area contributed by atoms with Gasteiger partial charge in [0.05, 0.1) is 5.56 Å². The quantitative estimate of drug-likeness (QED) is 0.783. The van der Waals surface area contributed by atoms with Crippen molar-refractivity contribution in [1.82, 2.24) is 9.38 Å². The first-order chi connectivity index (χ1) is 11.0. The summed E-state index contributed by atoms with van der Waals surface area (Å²) in [5, 5.41) is 2.98. The molecular weight excluding hydrogens is 286 g/mol. The molecule has 3 rings (SSSR count). The van der Waals surface area contributed by atoms with E-state index in [2.05, 4.69) is 30.2 Å². The molecule has 1 aromatic carbocycles. The molecule has 0 aliphatic carbocycles. The largest absolute Gasteiger partial charge is 0.322 e. The molecule has 1 amide bonds. The third kappa shape index (κ3) is 2.97. The fourth-order valence-corrected chi connectivity index (χ4v) is 2.75. The SMILES string of the molecule is Cc1cc(C)n2ccc(C(=O)Nc3cccc(C(C)C)c3)c2n1. The standard InChI is InChI=1S/C19H21N3O/c1-12(2)15-6-5-7-16(11-15)21-19(23)17-8-9-22-14(4)10-13(3)20-18(17)22/h5-12H,1-4H3,(H,21,23). The van der Waals surface area contributed by atoms with E-state index in [0.29, 0.717) is 17.1 Å². The third-order valence-electron chi connectivity index (χ3n) is 4.00. The summed E-state index contributed by atoms with van der Waals surface area (Å²) < 4.78 is 1.94. The summed E-state index contributed by atoms with van der Waals surface area (Å²) in [5.74, 6) is 0.292. The Hall–Kier alpha value is -2.62. The topological polar surface area (TPSA) is 46.4 Å².